The van der Waals surface area contributed by atoms with Crippen molar-refractivity contribution in [2.75, 3.05) is 18.9 Å². The molecule has 98 valence electrons. The molecule has 0 aromatic carbocycles. The van der Waals surface area contributed by atoms with E-state index in [1.807, 2.05) is 0 Å². The van der Waals surface area contributed by atoms with E-state index >= 15 is 0 Å². The molecule has 0 spiro atoms. The van der Waals surface area contributed by atoms with Crippen LogP contribution in [0, 0.1) is 0 Å². The van der Waals surface area contributed by atoms with Crippen LogP contribution in [-0.2, 0) is 0 Å². The van der Waals surface area contributed by atoms with Crippen LogP contribution in [0.3, 0.4) is 0 Å². The average Bonchev–Trinajstić information content (AvgIpc) is 2.90. The van der Waals surface area contributed by atoms with Crippen molar-refractivity contribution < 1.29 is 9.90 Å². The van der Waals surface area contributed by atoms with Crippen LogP contribution in [0.1, 0.15) is 36.2 Å². The summed E-state index contributed by atoms with van der Waals surface area (Å²) in [6.45, 7) is 0.306. The van der Waals surface area contributed by atoms with Gasteiger partial charge in [-0.2, -0.15) is 0 Å². The molecule has 0 radical (unpaired) electrons. The zero-order chi connectivity index (χ0) is 13.0. The van der Waals surface area contributed by atoms with Gasteiger partial charge in [-0.1, -0.05) is 12.8 Å². The second-order valence-corrected chi connectivity index (χ2v) is 4.50. The number of nitrogen functional groups attached to an aromatic ring is 1. The Morgan fingerprint density at radius 3 is 2.67 bits per heavy atom. The molecule has 1 fully saturated rings. The van der Waals surface area contributed by atoms with Gasteiger partial charge in [0.2, 0.25) is 0 Å². The third-order valence-electron chi connectivity index (χ3n) is 3.27. The standard InChI is InChI=1S/C12H18N4O2/c13-11-6-5-10(14-15-11)12(18)16(7-8-17)9-3-1-2-4-9/h5-6,9,17H,1-4,7-8H2,(H2,13,15). The number of hydrogen-bond acceptors (Lipinski definition) is 5. The summed E-state index contributed by atoms with van der Waals surface area (Å²) in [6.07, 6.45) is 4.25. The van der Waals surface area contributed by atoms with Gasteiger partial charge < -0.3 is 15.7 Å². The van der Waals surface area contributed by atoms with Crippen LogP contribution in [0.25, 0.3) is 0 Å². The fourth-order valence-corrected chi connectivity index (χ4v) is 2.38. The number of rotatable bonds is 4. The van der Waals surface area contributed by atoms with Crippen molar-refractivity contribution in [1.29, 1.82) is 0 Å². The van der Waals surface area contributed by atoms with E-state index in [1.54, 1.807) is 17.0 Å². The predicted octanol–water partition coefficient (Wildman–Crippen LogP) is 0.436. The molecular formula is C12H18N4O2. The molecule has 1 amide bonds. The number of aliphatic hydroxyl groups is 1. The molecule has 3 N–H and O–H groups in total. The van der Waals surface area contributed by atoms with Crippen LogP contribution in [0.2, 0.25) is 0 Å². The Labute approximate surface area is 106 Å². The average molecular weight is 250 g/mol. The van der Waals surface area contributed by atoms with Crippen molar-refractivity contribution in [3.63, 3.8) is 0 Å². The monoisotopic (exact) mass is 250 g/mol. The van der Waals surface area contributed by atoms with Gasteiger partial charge in [0.05, 0.1) is 6.61 Å². The summed E-state index contributed by atoms with van der Waals surface area (Å²) in [5, 5.41) is 16.6. The van der Waals surface area contributed by atoms with Gasteiger partial charge in [-0.25, -0.2) is 0 Å². The summed E-state index contributed by atoms with van der Waals surface area (Å²) in [5.74, 6) is 0.115. The van der Waals surface area contributed by atoms with E-state index in [1.165, 1.54) is 0 Å². The van der Waals surface area contributed by atoms with E-state index in [2.05, 4.69) is 10.2 Å². The third kappa shape index (κ3) is 2.76. The topological polar surface area (TPSA) is 92.3 Å². The largest absolute Gasteiger partial charge is 0.395 e. The number of nitrogens with two attached hydrogens (primary N) is 1. The summed E-state index contributed by atoms with van der Waals surface area (Å²) in [6, 6.07) is 3.35. The summed E-state index contributed by atoms with van der Waals surface area (Å²) in [5.41, 5.74) is 5.73. The van der Waals surface area contributed by atoms with Gasteiger partial charge in [0.15, 0.2) is 5.69 Å². The highest BCUT2D eigenvalue weighted by atomic mass is 16.3. The van der Waals surface area contributed by atoms with Crippen LogP contribution in [0.15, 0.2) is 12.1 Å². The number of nitrogens with zero attached hydrogens (tertiary/aromatic N) is 3. The van der Waals surface area contributed by atoms with Crippen molar-refractivity contribution in [2.45, 2.75) is 31.7 Å². The molecule has 0 unspecified atom stereocenters. The van der Waals surface area contributed by atoms with Crippen molar-refractivity contribution in [1.82, 2.24) is 15.1 Å². The minimum atomic E-state index is -0.177. The van der Waals surface area contributed by atoms with E-state index in [9.17, 15) is 4.79 Å². The van der Waals surface area contributed by atoms with Crippen LogP contribution in [0.5, 0.6) is 0 Å². The fourth-order valence-electron chi connectivity index (χ4n) is 2.38. The first-order valence-corrected chi connectivity index (χ1v) is 6.23. The van der Waals surface area contributed by atoms with Crippen LogP contribution in [0.4, 0.5) is 5.82 Å². The number of hydrogen-bond donors (Lipinski definition) is 2. The predicted molar refractivity (Wildman–Crippen MR) is 66.8 cm³/mol. The number of aromatic nitrogens is 2. The van der Waals surface area contributed by atoms with Gasteiger partial charge >= 0.3 is 0 Å². The second-order valence-electron chi connectivity index (χ2n) is 4.50. The Bertz CT molecular complexity index is 401. The molecule has 1 aromatic rings. The molecule has 6 heteroatoms. The highest BCUT2D eigenvalue weighted by Crippen LogP contribution is 2.24. The van der Waals surface area contributed by atoms with Crippen molar-refractivity contribution >= 4 is 11.7 Å². The van der Waals surface area contributed by atoms with E-state index in [-0.39, 0.29) is 24.2 Å². The van der Waals surface area contributed by atoms with Crippen molar-refractivity contribution in [3.05, 3.63) is 17.8 Å². The molecule has 0 atom stereocenters. The van der Waals surface area contributed by atoms with Gasteiger partial charge in [-0.15, -0.1) is 10.2 Å². The Balaban J connectivity index is 2.14. The maximum atomic E-state index is 12.3. The summed E-state index contributed by atoms with van der Waals surface area (Å²) >= 11 is 0. The molecule has 1 heterocycles. The normalized spacial score (nSPS) is 15.8. The van der Waals surface area contributed by atoms with Gasteiger partial charge in [-0.3, -0.25) is 4.79 Å². The van der Waals surface area contributed by atoms with Gasteiger partial charge in [0, 0.05) is 12.6 Å². The first kappa shape index (κ1) is 12.8. The van der Waals surface area contributed by atoms with Crippen LogP contribution < -0.4 is 5.73 Å². The SMILES string of the molecule is Nc1ccc(C(=O)N(CCO)C2CCCC2)nn1. The Kier molecular flexibility index (Phi) is 4.09. The minimum absolute atomic E-state index is 0.0371. The Morgan fingerprint density at radius 2 is 2.11 bits per heavy atom. The lowest BCUT2D eigenvalue weighted by atomic mass is 10.2. The van der Waals surface area contributed by atoms with E-state index < -0.39 is 0 Å². The molecule has 2 rings (SSSR count). The molecule has 1 aliphatic carbocycles. The molecule has 1 aliphatic rings. The number of aliphatic hydroxyl groups excluding tert-OH is 1. The van der Waals surface area contributed by atoms with Crippen LogP contribution >= 0.6 is 0 Å². The minimum Gasteiger partial charge on any atom is -0.395 e. The lowest BCUT2D eigenvalue weighted by Crippen LogP contribution is -2.41. The zero-order valence-corrected chi connectivity index (χ0v) is 10.2. The highest BCUT2D eigenvalue weighted by molar-refractivity contribution is 5.92. The summed E-state index contributed by atoms with van der Waals surface area (Å²) < 4.78 is 0. The zero-order valence-electron chi connectivity index (χ0n) is 10.2. The lowest BCUT2D eigenvalue weighted by Gasteiger charge is -2.27. The second kappa shape index (κ2) is 5.77. The molecule has 0 saturated heterocycles. The number of anilines is 1. The highest BCUT2D eigenvalue weighted by Gasteiger charge is 2.27. The number of amides is 1. The smallest absolute Gasteiger partial charge is 0.274 e. The first-order valence-electron chi connectivity index (χ1n) is 6.23. The lowest BCUT2D eigenvalue weighted by molar-refractivity contribution is 0.0631. The Hall–Kier alpha value is -1.69. The molecule has 1 aromatic heterocycles. The summed E-state index contributed by atoms with van der Waals surface area (Å²) in [4.78, 5) is 14.0. The van der Waals surface area contributed by atoms with Crippen molar-refractivity contribution in [3.8, 4) is 0 Å². The quantitative estimate of drug-likeness (QED) is 0.808. The van der Waals surface area contributed by atoms with Gasteiger partial charge in [-0.05, 0) is 25.0 Å². The van der Waals surface area contributed by atoms with Gasteiger partial charge in [0.25, 0.3) is 5.91 Å². The third-order valence-corrected chi connectivity index (χ3v) is 3.27. The van der Waals surface area contributed by atoms with E-state index in [0.717, 1.165) is 25.7 Å². The fraction of sp³-hybridized carbons (Fsp3) is 0.583. The van der Waals surface area contributed by atoms with E-state index in [0.29, 0.717) is 12.4 Å². The maximum absolute atomic E-state index is 12.3. The molecule has 0 aliphatic heterocycles. The molecule has 18 heavy (non-hydrogen) atoms. The molecular weight excluding hydrogens is 232 g/mol. The maximum Gasteiger partial charge on any atom is 0.274 e. The number of carbonyl (C=O) groups excluding carboxylic acids is 1. The number of carbonyl (C=O) groups is 1. The summed E-state index contributed by atoms with van der Waals surface area (Å²) in [7, 11) is 0. The van der Waals surface area contributed by atoms with E-state index in [4.69, 9.17) is 10.8 Å². The molecule has 6 nitrogen and oxygen atoms in total. The van der Waals surface area contributed by atoms with Crippen LogP contribution in [-0.4, -0.2) is 45.3 Å². The first-order chi connectivity index (χ1) is 8.72. The van der Waals surface area contributed by atoms with Crippen molar-refractivity contribution in [2.24, 2.45) is 0 Å². The van der Waals surface area contributed by atoms with Gasteiger partial charge in [0.1, 0.15) is 5.82 Å². The molecule has 0 bridgehead atoms. The Morgan fingerprint density at radius 1 is 1.39 bits per heavy atom. The molecule has 1 saturated carbocycles.